The van der Waals surface area contributed by atoms with Gasteiger partial charge in [-0.05, 0) is 58.4 Å². The monoisotopic (exact) mass is 310 g/mol. The van der Waals surface area contributed by atoms with Gasteiger partial charge in [-0.15, -0.1) is 11.3 Å². The van der Waals surface area contributed by atoms with Crippen molar-refractivity contribution >= 4 is 11.3 Å². The van der Waals surface area contributed by atoms with Crippen molar-refractivity contribution in [3.05, 3.63) is 15.6 Å². The van der Waals surface area contributed by atoms with Gasteiger partial charge in [-0.2, -0.15) is 0 Å². The average Bonchev–Trinajstić information content (AvgIpc) is 2.88. The largest absolute Gasteiger partial charge is 0.371 e. The Hall–Kier alpha value is -0.450. The van der Waals surface area contributed by atoms with Gasteiger partial charge in [0.1, 0.15) is 10.6 Å². The van der Waals surface area contributed by atoms with E-state index in [1.54, 1.807) is 0 Å². The highest BCUT2D eigenvalue weighted by molar-refractivity contribution is 7.12. The maximum atomic E-state index is 5.97. The van der Waals surface area contributed by atoms with Crippen LogP contribution in [-0.4, -0.2) is 18.6 Å². The van der Waals surface area contributed by atoms with Gasteiger partial charge in [0.2, 0.25) is 0 Å². The fourth-order valence-corrected chi connectivity index (χ4v) is 4.51. The third-order valence-corrected chi connectivity index (χ3v) is 6.31. The standard InChI is InChI=1S/C17H30N2OS/c1-6-11-18-13(3)15-14(4)19-16(21-15)17(20-5)9-7-12(2)8-10-17/h12-13,18H,6-11H2,1-5H3. The summed E-state index contributed by atoms with van der Waals surface area (Å²) in [4.78, 5) is 6.25. The van der Waals surface area contributed by atoms with Crippen molar-refractivity contribution in [1.29, 1.82) is 0 Å². The van der Waals surface area contributed by atoms with Crippen molar-refractivity contribution in [1.82, 2.24) is 10.3 Å². The molecule has 1 aliphatic carbocycles. The molecule has 1 saturated carbocycles. The first-order chi connectivity index (χ1) is 10.0. The molecular formula is C17H30N2OS. The number of hydrogen-bond acceptors (Lipinski definition) is 4. The Morgan fingerprint density at radius 2 is 2.10 bits per heavy atom. The van der Waals surface area contributed by atoms with E-state index in [4.69, 9.17) is 9.72 Å². The Labute approximate surface area is 133 Å². The van der Waals surface area contributed by atoms with Crippen LogP contribution in [0.3, 0.4) is 0 Å². The van der Waals surface area contributed by atoms with Crippen LogP contribution in [0.15, 0.2) is 0 Å². The molecule has 1 aliphatic rings. The lowest BCUT2D eigenvalue weighted by Crippen LogP contribution is -2.33. The first kappa shape index (κ1) is 16.9. The van der Waals surface area contributed by atoms with Crippen LogP contribution in [0.25, 0.3) is 0 Å². The number of nitrogens with zero attached hydrogens (tertiary/aromatic N) is 1. The summed E-state index contributed by atoms with van der Waals surface area (Å²) in [5.74, 6) is 0.818. The van der Waals surface area contributed by atoms with E-state index in [9.17, 15) is 0 Å². The van der Waals surface area contributed by atoms with E-state index in [1.807, 2.05) is 18.4 Å². The Bertz CT molecular complexity index is 450. The van der Waals surface area contributed by atoms with Gasteiger partial charge in [0.25, 0.3) is 0 Å². The lowest BCUT2D eigenvalue weighted by atomic mass is 9.80. The molecule has 1 fully saturated rings. The minimum Gasteiger partial charge on any atom is -0.371 e. The summed E-state index contributed by atoms with van der Waals surface area (Å²) in [6.07, 6.45) is 5.85. The fraction of sp³-hybridized carbons (Fsp3) is 0.824. The van der Waals surface area contributed by atoms with E-state index < -0.39 is 0 Å². The van der Waals surface area contributed by atoms with Gasteiger partial charge in [-0.25, -0.2) is 4.98 Å². The van der Waals surface area contributed by atoms with Gasteiger partial charge < -0.3 is 10.1 Å². The molecule has 21 heavy (non-hydrogen) atoms. The maximum absolute atomic E-state index is 5.97. The Morgan fingerprint density at radius 1 is 1.43 bits per heavy atom. The normalized spacial score (nSPS) is 27.8. The number of thiazole rings is 1. The Balaban J connectivity index is 2.20. The molecule has 0 aliphatic heterocycles. The van der Waals surface area contributed by atoms with E-state index in [2.05, 4.69) is 33.0 Å². The van der Waals surface area contributed by atoms with Crippen LogP contribution in [0.5, 0.6) is 0 Å². The zero-order valence-electron chi connectivity index (χ0n) is 14.2. The van der Waals surface area contributed by atoms with Crippen molar-refractivity contribution in [3.63, 3.8) is 0 Å². The second-order valence-corrected chi connectivity index (χ2v) is 7.56. The molecule has 2 rings (SSSR count). The zero-order valence-corrected chi connectivity index (χ0v) is 15.0. The molecule has 1 N–H and O–H groups in total. The molecule has 0 spiro atoms. The summed E-state index contributed by atoms with van der Waals surface area (Å²) in [7, 11) is 1.85. The van der Waals surface area contributed by atoms with Gasteiger partial charge >= 0.3 is 0 Å². The van der Waals surface area contributed by atoms with Crippen LogP contribution in [-0.2, 0) is 10.3 Å². The number of hydrogen-bond donors (Lipinski definition) is 1. The van der Waals surface area contributed by atoms with Crippen LogP contribution in [0, 0.1) is 12.8 Å². The van der Waals surface area contributed by atoms with Crippen molar-refractivity contribution in [2.24, 2.45) is 5.92 Å². The van der Waals surface area contributed by atoms with Crippen molar-refractivity contribution in [2.45, 2.75) is 71.4 Å². The quantitative estimate of drug-likeness (QED) is 0.836. The molecule has 0 saturated heterocycles. The second kappa shape index (κ2) is 7.21. The molecule has 0 radical (unpaired) electrons. The van der Waals surface area contributed by atoms with Crippen LogP contribution < -0.4 is 5.32 Å². The summed E-state index contributed by atoms with van der Waals surface area (Å²) in [6, 6.07) is 0.382. The molecule has 1 unspecified atom stereocenters. The molecular weight excluding hydrogens is 280 g/mol. The highest BCUT2D eigenvalue weighted by Crippen LogP contribution is 2.44. The first-order valence-corrected chi connectivity index (χ1v) is 9.10. The molecule has 1 heterocycles. The average molecular weight is 311 g/mol. The highest BCUT2D eigenvalue weighted by Gasteiger charge is 2.39. The van der Waals surface area contributed by atoms with Gasteiger partial charge in [-0.3, -0.25) is 0 Å². The third-order valence-electron chi connectivity index (χ3n) is 4.79. The van der Waals surface area contributed by atoms with E-state index in [0.717, 1.165) is 31.7 Å². The first-order valence-electron chi connectivity index (χ1n) is 8.28. The van der Waals surface area contributed by atoms with Crippen molar-refractivity contribution < 1.29 is 4.74 Å². The summed E-state index contributed by atoms with van der Waals surface area (Å²) in [5.41, 5.74) is 1.03. The van der Waals surface area contributed by atoms with E-state index in [-0.39, 0.29) is 5.60 Å². The van der Waals surface area contributed by atoms with Crippen LogP contribution in [0.1, 0.15) is 74.5 Å². The third kappa shape index (κ3) is 3.66. The molecule has 0 amide bonds. The van der Waals surface area contributed by atoms with Gasteiger partial charge in [0.05, 0.1) is 5.69 Å². The maximum Gasteiger partial charge on any atom is 0.125 e. The minimum atomic E-state index is -0.134. The van der Waals surface area contributed by atoms with E-state index >= 15 is 0 Å². The Morgan fingerprint density at radius 3 is 2.67 bits per heavy atom. The molecule has 1 atom stereocenters. The van der Waals surface area contributed by atoms with Crippen LogP contribution in [0.4, 0.5) is 0 Å². The molecule has 0 aromatic carbocycles. The fourth-order valence-electron chi connectivity index (χ4n) is 3.19. The zero-order chi connectivity index (χ0) is 15.5. The lowest BCUT2D eigenvalue weighted by molar-refractivity contribution is -0.0531. The number of aryl methyl sites for hydroxylation is 1. The van der Waals surface area contributed by atoms with Crippen molar-refractivity contribution in [2.75, 3.05) is 13.7 Å². The van der Waals surface area contributed by atoms with Gasteiger partial charge in [0, 0.05) is 18.0 Å². The predicted octanol–water partition coefficient (Wildman–Crippen LogP) is 4.56. The van der Waals surface area contributed by atoms with Gasteiger partial charge in [-0.1, -0.05) is 13.8 Å². The topological polar surface area (TPSA) is 34.1 Å². The van der Waals surface area contributed by atoms with Gasteiger partial charge in [0.15, 0.2) is 0 Å². The SMILES string of the molecule is CCCNC(C)c1sc(C2(OC)CCC(C)CC2)nc1C. The summed E-state index contributed by atoms with van der Waals surface area (Å²) in [6.45, 7) is 9.97. The molecule has 1 aromatic rings. The Kier molecular flexibility index (Phi) is 5.81. The minimum absolute atomic E-state index is 0.134. The number of ether oxygens (including phenoxy) is 1. The summed E-state index contributed by atoms with van der Waals surface area (Å²) >= 11 is 1.85. The smallest absolute Gasteiger partial charge is 0.125 e. The number of nitrogens with one attached hydrogen (secondary N) is 1. The molecule has 120 valence electrons. The number of rotatable bonds is 6. The molecule has 3 nitrogen and oxygen atoms in total. The lowest BCUT2D eigenvalue weighted by Gasteiger charge is -2.36. The number of methoxy groups -OCH3 is 1. The number of aromatic nitrogens is 1. The summed E-state index contributed by atoms with van der Waals surface area (Å²) < 4.78 is 5.97. The molecule has 4 heteroatoms. The molecule has 0 bridgehead atoms. The predicted molar refractivity (Wildman–Crippen MR) is 89.9 cm³/mol. The van der Waals surface area contributed by atoms with Crippen molar-refractivity contribution in [3.8, 4) is 0 Å². The van der Waals surface area contributed by atoms with Crippen LogP contribution in [0.2, 0.25) is 0 Å². The van der Waals surface area contributed by atoms with Crippen LogP contribution >= 0.6 is 11.3 Å². The van der Waals surface area contributed by atoms with E-state index in [0.29, 0.717) is 6.04 Å². The second-order valence-electron chi connectivity index (χ2n) is 6.53. The summed E-state index contributed by atoms with van der Waals surface area (Å²) in [5, 5.41) is 4.76. The van der Waals surface area contributed by atoms with E-state index in [1.165, 1.54) is 28.4 Å². The highest BCUT2D eigenvalue weighted by atomic mass is 32.1. The molecule has 1 aromatic heterocycles.